The minimum Gasteiger partial charge on any atom is -0.485 e. The summed E-state index contributed by atoms with van der Waals surface area (Å²) < 4.78 is 7.63. The number of imidazole rings is 1. The summed E-state index contributed by atoms with van der Waals surface area (Å²) in [7, 11) is 0. The molecule has 1 N–H and O–H groups in total. The zero-order chi connectivity index (χ0) is 15.8. The molecule has 0 radical (unpaired) electrons. The van der Waals surface area contributed by atoms with E-state index in [4.69, 9.17) is 4.74 Å². The van der Waals surface area contributed by atoms with Crippen molar-refractivity contribution in [2.75, 3.05) is 5.32 Å². The van der Waals surface area contributed by atoms with Gasteiger partial charge in [-0.1, -0.05) is 24.3 Å². The van der Waals surface area contributed by atoms with Crippen LogP contribution in [-0.4, -0.2) is 15.5 Å². The number of benzene rings is 2. The number of aryl methyl sites for hydroxylation is 1. The van der Waals surface area contributed by atoms with Crippen LogP contribution in [0.4, 0.5) is 5.69 Å². The standard InChI is InChI=1S/C18H15N3O2/c1-12-5-4-6-13(9-12)20-18(22)17-15-10-23-16-8-3-2-7-14(16)21(15)11-19-17/h2-9,11H,10H2,1H3,(H,20,22). The Morgan fingerprint density at radius 3 is 2.96 bits per heavy atom. The first-order valence-electron chi connectivity index (χ1n) is 7.39. The highest BCUT2D eigenvalue weighted by Gasteiger charge is 2.24. The van der Waals surface area contributed by atoms with Crippen LogP contribution in [0.2, 0.25) is 0 Å². The molecular formula is C18H15N3O2. The lowest BCUT2D eigenvalue weighted by atomic mass is 10.2. The predicted molar refractivity (Wildman–Crippen MR) is 87.0 cm³/mol. The molecule has 3 aromatic rings. The number of carbonyl (C=O) groups is 1. The largest absolute Gasteiger partial charge is 0.485 e. The molecule has 1 aliphatic heterocycles. The Labute approximate surface area is 133 Å². The van der Waals surface area contributed by atoms with Gasteiger partial charge in [0.25, 0.3) is 5.91 Å². The molecule has 2 aromatic carbocycles. The molecule has 4 rings (SSSR count). The molecule has 0 saturated heterocycles. The van der Waals surface area contributed by atoms with Crippen molar-refractivity contribution in [3.63, 3.8) is 0 Å². The lowest BCUT2D eigenvalue weighted by Crippen LogP contribution is -2.19. The molecule has 23 heavy (non-hydrogen) atoms. The van der Waals surface area contributed by atoms with Crippen LogP contribution in [0.1, 0.15) is 21.7 Å². The molecule has 0 saturated carbocycles. The van der Waals surface area contributed by atoms with Crippen molar-refractivity contribution in [2.45, 2.75) is 13.5 Å². The van der Waals surface area contributed by atoms with E-state index in [1.807, 2.05) is 60.0 Å². The van der Waals surface area contributed by atoms with Crippen molar-refractivity contribution in [2.24, 2.45) is 0 Å². The number of ether oxygens (including phenoxy) is 1. The number of amides is 1. The summed E-state index contributed by atoms with van der Waals surface area (Å²) in [6.45, 7) is 2.31. The Morgan fingerprint density at radius 2 is 2.09 bits per heavy atom. The van der Waals surface area contributed by atoms with Gasteiger partial charge in [0.15, 0.2) is 5.69 Å². The minimum absolute atomic E-state index is 0.229. The molecule has 2 heterocycles. The zero-order valence-electron chi connectivity index (χ0n) is 12.6. The molecule has 1 aromatic heterocycles. The van der Waals surface area contributed by atoms with Gasteiger partial charge in [-0.3, -0.25) is 9.36 Å². The number of nitrogens with zero attached hydrogens (tertiary/aromatic N) is 2. The highest BCUT2D eigenvalue weighted by atomic mass is 16.5. The van der Waals surface area contributed by atoms with Gasteiger partial charge in [0, 0.05) is 5.69 Å². The maximum Gasteiger partial charge on any atom is 0.276 e. The van der Waals surface area contributed by atoms with Crippen molar-refractivity contribution in [3.05, 3.63) is 71.8 Å². The van der Waals surface area contributed by atoms with Crippen molar-refractivity contribution < 1.29 is 9.53 Å². The Kier molecular flexibility index (Phi) is 3.12. The molecule has 1 aliphatic rings. The van der Waals surface area contributed by atoms with Gasteiger partial charge in [-0.2, -0.15) is 0 Å². The third kappa shape index (κ3) is 2.36. The van der Waals surface area contributed by atoms with E-state index in [-0.39, 0.29) is 5.91 Å². The second kappa shape index (κ2) is 5.28. The smallest absolute Gasteiger partial charge is 0.276 e. The van der Waals surface area contributed by atoms with E-state index in [2.05, 4.69) is 10.3 Å². The molecule has 5 nitrogen and oxygen atoms in total. The van der Waals surface area contributed by atoms with E-state index in [9.17, 15) is 4.79 Å². The van der Waals surface area contributed by atoms with Crippen LogP contribution >= 0.6 is 0 Å². The van der Waals surface area contributed by atoms with Gasteiger partial charge in [0.05, 0.1) is 11.4 Å². The van der Waals surface area contributed by atoms with Crippen LogP contribution in [0.25, 0.3) is 5.69 Å². The van der Waals surface area contributed by atoms with Crippen molar-refractivity contribution in [3.8, 4) is 11.4 Å². The number of carbonyl (C=O) groups excluding carboxylic acids is 1. The number of aromatic nitrogens is 2. The van der Waals surface area contributed by atoms with Gasteiger partial charge < -0.3 is 10.1 Å². The maximum atomic E-state index is 12.5. The van der Waals surface area contributed by atoms with E-state index >= 15 is 0 Å². The molecule has 0 bridgehead atoms. The van der Waals surface area contributed by atoms with E-state index in [1.165, 1.54) is 0 Å². The number of nitrogens with one attached hydrogen (secondary N) is 1. The Morgan fingerprint density at radius 1 is 1.22 bits per heavy atom. The van der Waals surface area contributed by atoms with Gasteiger partial charge in [-0.05, 0) is 36.8 Å². The Balaban J connectivity index is 1.67. The minimum atomic E-state index is -0.229. The van der Waals surface area contributed by atoms with E-state index < -0.39 is 0 Å². The second-order valence-corrected chi connectivity index (χ2v) is 5.49. The van der Waals surface area contributed by atoms with Gasteiger partial charge in [-0.15, -0.1) is 0 Å². The number of hydrogen-bond donors (Lipinski definition) is 1. The fraction of sp³-hybridized carbons (Fsp3) is 0.111. The fourth-order valence-corrected chi connectivity index (χ4v) is 2.75. The molecule has 5 heteroatoms. The molecule has 0 unspecified atom stereocenters. The summed E-state index contributed by atoms with van der Waals surface area (Å²) in [4.78, 5) is 16.8. The van der Waals surface area contributed by atoms with Crippen LogP contribution < -0.4 is 10.1 Å². The molecule has 0 atom stereocenters. The highest BCUT2D eigenvalue weighted by molar-refractivity contribution is 6.03. The van der Waals surface area contributed by atoms with Crippen molar-refractivity contribution in [1.29, 1.82) is 0 Å². The summed E-state index contributed by atoms with van der Waals surface area (Å²) in [6, 6.07) is 15.4. The van der Waals surface area contributed by atoms with Crippen molar-refractivity contribution in [1.82, 2.24) is 9.55 Å². The monoisotopic (exact) mass is 305 g/mol. The van der Waals surface area contributed by atoms with Crippen LogP contribution in [0.3, 0.4) is 0 Å². The van der Waals surface area contributed by atoms with Crippen molar-refractivity contribution >= 4 is 11.6 Å². The van der Waals surface area contributed by atoms with Gasteiger partial charge >= 0.3 is 0 Å². The molecule has 0 spiro atoms. The predicted octanol–water partition coefficient (Wildman–Crippen LogP) is 3.33. The average Bonchev–Trinajstić information content (AvgIpc) is 2.99. The number of hydrogen-bond acceptors (Lipinski definition) is 3. The van der Waals surface area contributed by atoms with E-state index in [1.54, 1.807) is 6.33 Å². The van der Waals surface area contributed by atoms with Gasteiger partial charge in [0.1, 0.15) is 18.7 Å². The van der Waals surface area contributed by atoms with E-state index in [0.717, 1.165) is 28.4 Å². The molecular weight excluding hydrogens is 290 g/mol. The second-order valence-electron chi connectivity index (χ2n) is 5.49. The summed E-state index contributed by atoms with van der Waals surface area (Å²) in [5.74, 6) is 0.565. The van der Waals surface area contributed by atoms with Crippen LogP contribution in [0.5, 0.6) is 5.75 Å². The average molecular weight is 305 g/mol. The maximum absolute atomic E-state index is 12.5. The Bertz CT molecular complexity index is 899. The molecule has 0 aliphatic carbocycles. The molecule has 114 valence electrons. The lowest BCUT2D eigenvalue weighted by molar-refractivity contribution is 0.101. The summed E-state index contributed by atoms with van der Waals surface area (Å²) in [5, 5.41) is 2.89. The first-order chi connectivity index (χ1) is 11.2. The SMILES string of the molecule is Cc1cccc(NC(=O)c2ncn3c2COc2ccccc2-3)c1. The Hall–Kier alpha value is -3.08. The highest BCUT2D eigenvalue weighted by Crippen LogP contribution is 2.30. The van der Waals surface area contributed by atoms with Crippen LogP contribution in [-0.2, 0) is 6.61 Å². The van der Waals surface area contributed by atoms with Gasteiger partial charge in [0.2, 0.25) is 0 Å². The lowest BCUT2D eigenvalue weighted by Gasteiger charge is -2.20. The first kappa shape index (κ1) is 13.6. The van der Waals surface area contributed by atoms with E-state index in [0.29, 0.717) is 12.3 Å². The summed E-state index contributed by atoms with van der Waals surface area (Å²) in [6.07, 6.45) is 1.67. The third-order valence-electron chi connectivity index (χ3n) is 3.85. The number of fused-ring (bicyclic) bond motifs is 3. The summed E-state index contributed by atoms with van der Waals surface area (Å²) in [5.41, 5.74) is 3.89. The first-order valence-corrected chi connectivity index (χ1v) is 7.39. The number of rotatable bonds is 2. The van der Waals surface area contributed by atoms with Crippen LogP contribution in [0.15, 0.2) is 54.9 Å². The third-order valence-corrected chi connectivity index (χ3v) is 3.85. The summed E-state index contributed by atoms with van der Waals surface area (Å²) >= 11 is 0. The van der Waals surface area contributed by atoms with Crippen LogP contribution in [0, 0.1) is 6.92 Å². The topological polar surface area (TPSA) is 56.2 Å². The number of anilines is 1. The number of para-hydroxylation sites is 2. The normalized spacial score (nSPS) is 12.0. The zero-order valence-corrected chi connectivity index (χ0v) is 12.6. The quantitative estimate of drug-likeness (QED) is 0.790. The molecule has 0 fully saturated rings. The van der Waals surface area contributed by atoms with Gasteiger partial charge in [-0.25, -0.2) is 4.98 Å². The molecule has 1 amide bonds. The fourth-order valence-electron chi connectivity index (χ4n) is 2.75.